The molecule has 1 atom stereocenters. The standard InChI is InChI=1S/C20H15F2N3O3/c1-20(10-11-4-2-3-5-15(11)18(26)28-20)19(27)23-17-9-16(24-25-17)12-6-13(21)8-14(22)7-12/h2-9H,10H2,1H3,(H2,23,24,25,27). The third kappa shape index (κ3) is 3.24. The molecule has 1 aliphatic rings. The van der Waals surface area contributed by atoms with E-state index in [-0.39, 0.29) is 17.8 Å². The van der Waals surface area contributed by atoms with Gasteiger partial charge in [-0.15, -0.1) is 0 Å². The minimum atomic E-state index is -1.41. The molecule has 0 aliphatic carbocycles. The molecule has 1 aromatic heterocycles. The van der Waals surface area contributed by atoms with Gasteiger partial charge in [-0.2, -0.15) is 5.10 Å². The van der Waals surface area contributed by atoms with Crippen LogP contribution in [0.15, 0.2) is 48.5 Å². The van der Waals surface area contributed by atoms with Gasteiger partial charge in [-0.3, -0.25) is 9.89 Å². The highest BCUT2D eigenvalue weighted by molar-refractivity contribution is 6.02. The van der Waals surface area contributed by atoms with E-state index in [4.69, 9.17) is 4.74 Å². The quantitative estimate of drug-likeness (QED) is 0.679. The van der Waals surface area contributed by atoms with Crippen molar-refractivity contribution >= 4 is 17.7 Å². The fourth-order valence-corrected chi connectivity index (χ4v) is 3.15. The third-order valence-corrected chi connectivity index (χ3v) is 4.56. The molecule has 0 saturated carbocycles. The summed E-state index contributed by atoms with van der Waals surface area (Å²) in [5, 5.41) is 9.13. The molecule has 0 radical (unpaired) electrons. The zero-order valence-corrected chi connectivity index (χ0v) is 14.8. The largest absolute Gasteiger partial charge is 0.445 e. The third-order valence-electron chi connectivity index (χ3n) is 4.56. The molecule has 2 N–H and O–H groups in total. The molecule has 1 aliphatic heterocycles. The number of aromatic amines is 1. The number of cyclic esters (lactones) is 1. The molecular formula is C20H15F2N3O3. The van der Waals surface area contributed by atoms with Crippen LogP contribution in [0.25, 0.3) is 11.3 Å². The van der Waals surface area contributed by atoms with E-state index >= 15 is 0 Å². The van der Waals surface area contributed by atoms with Crippen LogP contribution in [-0.4, -0.2) is 27.7 Å². The van der Waals surface area contributed by atoms with Crippen molar-refractivity contribution < 1.29 is 23.1 Å². The van der Waals surface area contributed by atoms with E-state index in [9.17, 15) is 18.4 Å². The highest BCUT2D eigenvalue weighted by Gasteiger charge is 2.42. The summed E-state index contributed by atoms with van der Waals surface area (Å²) in [5.74, 6) is -2.44. The summed E-state index contributed by atoms with van der Waals surface area (Å²) >= 11 is 0. The van der Waals surface area contributed by atoms with Crippen molar-refractivity contribution in [1.82, 2.24) is 10.2 Å². The summed E-state index contributed by atoms with van der Waals surface area (Å²) in [4.78, 5) is 25.0. The first-order valence-corrected chi connectivity index (χ1v) is 8.49. The SMILES string of the molecule is CC1(C(=O)Nc2cc(-c3cc(F)cc(F)c3)[nH]n2)Cc2ccccc2C(=O)O1. The van der Waals surface area contributed by atoms with Crippen LogP contribution < -0.4 is 5.32 Å². The van der Waals surface area contributed by atoms with Gasteiger partial charge in [0.2, 0.25) is 0 Å². The van der Waals surface area contributed by atoms with E-state index in [0.717, 1.165) is 18.2 Å². The molecule has 3 aromatic rings. The number of aromatic nitrogens is 2. The second-order valence-electron chi connectivity index (χ2n) is 6.73. The second-order valence-corrected chi connectivity index (χ2v) is 6.73. The Hall–Kier alpha value is -3.55. The number of hydrogen-bond acceptors (Lipinski definition) is 4. The Morgan fingerprint density at radius 2 is 1.89 bits per heavy atom. The van der Waals surface area contributed by atoms with Crippen LogP contribution in [0.5, 0.6) is 0 Å². The zero-order valence-electron chi connectivity index (χ0n) is 14.8. The minimum Gasteiger partial charge on any atom is -0.445 e. The van der Waals surface area contributed by atoms with Gasteiger partial charge >= 0.3 is 5.97 Å². The number of rotatable bonds is 3. The van der Waals surface area contributed by atoms with Crippen LogP contribution in [0.2, 0.25) is 0 Å². The number of carbonyl (C=O) groups is 2. The second kappa shape index (κ2) is 6.56. The van der Waals surface area contributed by atoms with E-state index in [2.05, 4.69) is 15.5 Å². The van der Waals surface area contributed by atoms with Crippen molar-refractivity contribution in [3.8, 4) is 11.3 Å². The molecule has 8 heteroatoms. The number of benzene rings is 2. The average molecular weight is 383 g/mol. The van der Waals surface area contributed by atoms with Gasteiger partial charge in [-0.25, -0.2) is 13.6 Å². The summed E-state index contributed by atoms with van der Waals surface area (Å²) in [6.07, 6.45) is 0.215. The number of H-pyrrole nitrogens is 1. The smallest absolute Gasteiger partial charge is 0.339 e. The van der Waals surface area contributed by atoms with Crippen molar-refractivity contribution in [3.63, 3.8) is 0 Å². The lowest BCUT2D eigenvalue weighted by molar-refractivity contribution is -0.134. The van der Waals surface area contributed by atoms with Crippen LogP contribution in [-0.2, 0) is 16.0 Å². The lowest BCUT2D eigenvalue weighted by atomic mass is 9.89. The van der Waals surface area contributed by atoms with E-state index in [1.807, 2.05) is 0 Å². The summed E-state index contributed by atoms with van der Waals surface area (Å²) in [7, 11) is 0. The number of hydrogen-bond donors (Lipinski definition) is 2. The molecule has 0 fully saturated rings. The van der Waals surface area contributed by atoms with Gasteiger partial charge in [0.15, 0.2) is 11.4 Å². The van der Waals surface area contributed by atoms with Crippen LogP contribution in [0, 0.1) is 11.6 Å². The summed E-state index contributed by atoms with van der Waals surface area (Å²) in [5.41, 5.74) is 0.312. The van der Waals surface area contributed by atoms with E-state index in [1.165, 1.54) is 13.0 Å². The van der Waals surface area contributed by atoms with Gasteiger partial charge < -0.3 is 10.1 Å². The zero-order chi connectivity index (χ0) is 19.9. The Morgan fingerprint density at radius 3 is 2.64 bits per heavy atom. The Balaban J connectivity index is 1.55. The number of carbonyl (C=O) groups excluding carboxylic acids is 2. The fourth-order valence-electron chi connectivity index (χ4n) is 3.15. The van der Waals surface area contributed by atoms with Crippen LogP contribution in [0.3, 0.4) is 0 Å². The van der Waals surface area contributed by atoms with Gasteiger partial charge in [0.05, 0.1) is 11.3 Å². The van der Waals surface area contributed by atoms with Crippen LogP contribution in [0.4, 0.5) is 14.6 Å². The van der Waals surface area contributed by atoms with Crippen molar-refractivity contribution in [1.29, 1.82) is 0 Å². The number of anilines is 1. The van der Waals surface area contributed by atoms with Crippen molar-refractivity contribution in [3.05, 3.63) is 71.3 Å². The Kier molecular flexibility index (Phi) is 4.18. The van der Waals surface area contributed by atoms with E-state index in [1.54, 1.807) is 24.3 Å². The lowest BCUT2D eigenvalue weighted by Crippen LogP contribution is -2.48. The van der Waals surface area contributed by atoms with Gasteiger partial charge in [0.25, 0.3) is 5.91 Å². The van der Waals surface area contributed by atoms with Crippen LogP contribution >= 0.6 is 0 Å². The Bertz CT molecular complexity index is 1080. The maximum Gasteiger partial charge on any atom is 0.339 e. The lowest BCUT2D eigenvalue weighted by Gasteiger charge is -2.32. The molecule has 142 valence electrons. The van der Waals surface area contributed by atoms with Gasteiger partial charge in [-0.1, -0.05) is 18.2 Å². The molecule has 0 saturated heterocycles. The molecule has 6 nitrogen and oxygen atoms in total. The number of halogens is 2. The average Bonchev–Trinajstić information content (AvgIpc) is 3.09. The molecule has 2 aromatic carbocycles. The first-order chi connectivity index (χ1) is 13.3. The Labute approximate surface area is 158 Å². The minimum absolute atomic E-state index is 0.140. The van der Waals surface area contributed by atoms with Gasteiger partial charge in [0, 0.05) is 24.1 Å². The molecule has 4 rings (SSSR count). The molecule has 0 spiro atoms. The first-order valence-electron chi connectivity index (χ1n) is 8.49. The summed E-state index contributed by atoms with van der Waals surface area (Å²) < 4.78 is 32.1. The Morgan fingerprint density at radius 1 is 1.18 bits per heavy atom. The molecule has 2 heterocycles. The van der Waals surface area contributed by atoms with Crippen LogP contribution in [0.1, 0.15) is 22.8 Å². The predicted octanol–water partition coefficient (Wildman–Crippen LogP) is 3.47. The number of esters is 1. The van der Waals surface area contributed by atoms with E-state index < -0.39 is 29.1 Å². The fraction of sp³-hybridized carbons (Fsp3) is 0.150. The molecule has 1 unspecified atom stereocenters. The topological polar surface area (TPSA) is 84.1 Å². The number of fused-ring (bicyclic) bond motifs is 1. The van der Waals surface area contributed by atoms with E-state index in [0.29, 0.717) is 16.8 Å². The number of nitrogens with zero attached hydrogens (tertiary/aromatic N) is 1. The highest BCUT2D eigenvalue weighted by atomic mass is 19.1. The number of nitrogens with one attached hydrogen (secondary N) is 2. The summed E-state index contributed by atoms with van der Waals surface area (Å²) in [6.45, 7) is 1.52. The van der Waals surface area contributed by atoms with Crippen molar-refractivity contribution in [2.24, 2.45) is 0 Å². The summed E-state index contributed by atoms with van der Waals surface area (Å²) in [6, 6.07) is 11.4. The number of amides is 1. The van der Waals surface area contributed by atoms with Crippen molar-refractivity contribution in [2.45, 2.75) is 18.9 Å². The molecule has 0 bridgehead atoms. The monoisotopic (exact) mass is 383 g/mol. The normalized spacial score (nSPS) is 18.3. The van der Waals surface area contributed by atoms with Gasteiger partial charge in [0.1, 0.15) is 11.6 Å². The predicted molar refractivity (Wildman–Crippen MR) is 96.5 cm³/mol. The van der Waals surface area contributed by atoms with Crippen molar-refractivity contribution in [2.75, 3.05) is 5.32 Å². The van der Waals surface area contributed by atoms with Gasteiger partial charge in [-0.05, 0) is 30.7 Å². The molecular weight excluding hydrogens is 368 g/mol. The highest BCUT2D eigenvalue weighted by Crippen LogP contribution is 2.29. The molecule has 28 heavy (non-hydrogen) atoms. The first kappa shape index (κ1) is 17.8. The number of ether oxygens (including phenoxy) is 1. The maximum atomic E-state index is 13.4. The maximum absolute atomic E-state index is 13.4. The molecule has 1 amide bonds.